The Morgan fingerprint density at radius 1 is 0.923 bits per heavy atom. The number of fused-ring (bicyclic) bond motifs is 1. The van der Waals surface area contributed by atoms with Crippen LogP contribution >= 0.6 is 0 Å². The molecule has 0 aromatic heterocycles. The lowest BCUT2D eigenvalue weighted by atomic mass is 9.75. The molecule has 3 aliphatic rings. The Morgan fingerprint density at radius 3 is 2.35 bits per heavy atom. The standard InChI is InChI=1S/C21H31N3O2/c25-20-7-5-19(6-8-20)23-13-11-22(12-14-23)16-21(26)24-10-9-17-3-1-2-4-18(17)15-24/h5-8,17-18,25H,1-4,9-16H2/t17-,18+/m0/s1. The zero-order valence-electron chi connectivity index (χ0n) is 15.6. The van der Waals surface area contributed by atoms with Crippen molar-refractivity contribution in [3.8, 4) is 5.75 Å². The largest absolute Gasteiger partial charge is 0.508 e. The van der Waals surface area contributed by atoms with Gasteiger partial charge in [0.05, 0.1) is 6.54 Å². The summed E-state index contributed by atoms with van der Waals surface area (Å²) in [7, 11) is 0. The number of aromatic hydroxyl groups is 1. The third kappa shape index (κ3) is 3.98. The van der Waals surface area contributed by atoms with Gasteiger partial charge < -0.3 is 14.9 Å². The highest BCUT2D eigenvalue weighted by atomic mass is 16.3. The number of nitrogens with zero attached hydrogens (tertiary/aromatic N) is 3. The minimum atomic E-state index is 0.305. The number of hydrogen-bond donors (Lipinski definition) is 1. The first-order valence-corrected chi connectivity index (χ1v) is 10.2. The van der Waals surface area contributed by atoms with Crippen LogP contribution in [0.5, 0.6) is 5.75 Å². The summed E-state index contributed by atoms with van der Waals surface area (Å²) in [6.45, 7) is 6.25. The van der Waals surface area contributed by atoms with Crippen LogP contribution in [-0.4, -0.2) is 66.6 Å². The number of amides is 1. The monoisotopic (exact) mass is 357 g/mol. The molecular formula is C21H31N3O2. The summed E-state index contributed by atoms with van der Waals surface area (Å²) >= 11 is 0. The van der Waals surface area contributed by atoms with E-state index in [0.717, 1.165) is 56.8 Å². The van der Waals surface area contributed by atoms with Crippen molar-refractivity contribution in [2.45, 2.75) is 32.1 Å². The van der Waals surface area contributed by atoms with Gasteiger partial charge in [-0.05, 0) is 48.9 Å². The Balaban J connectivity index is 1.25. The van der Waals surface area contributed by atoms with Gasteiger partial charge in [-0.25, -0.2) is 0 Å². The van der Waals surface area contributed by atoms with Crippen LogP contribution in [0.1, 0.15) is 32.1 Å². The molecule has 2 saturated heterocycles. The molecule has 1 amide bonds. The zero-order chi connectivity index (χ0) is 17.9. The van der Waals surface area contributed by atoms with Crippen molar-refractivity contribution in [2.75, 3.05) is 50.7 Å². The summed E-state index contributed by atoms with van der Waals surface area (Å²) in [5, 5.41) is 9.42. The van der Waals surface area contributed by atoms with Crippen LogP contribution in [-0.2, 0) is 4.79 Å². The molecule has 0 spiro atoms. The van der Waals surface area contributed by atoms with Crippen LogP contribution in [0.25, 0.3) is 0 Å². The van der Waals surface area contributed by atoms with Crippen molar-refractivity contribution in [1.82, 2.24) is 9.80 Å². The van der Waals surface area contributed by atoms with Crippen molar-refractivity contribution in [3.63, 3.8) is 0 Å². The van der Waals surface area contributed by atoms with E-state index in [9.17, 15) is 9.90 Å². The summed E-state index contributed by atoms with van der Waals surface area (Å²) in [4.78, 5) is 19.5. The lowest BCUT2D eigenvalue weighted by Gasteiger charge is -2.42. The van der Waals surface area contributed by atoms with Crippen LogP contribution in [0.15, 0.2) is 24.3 Å². The maximum Gasteiger partial charge on any atom is 0.236 e. The molecule has 0 radical (unpaired) electrons. The highest BCUT2D eigenvalue weighted by molar-refractivity contribution is 5.78. The van der Waals surface area contributed by atoms with E-state index >= 15 is 0 Å². The quantitative estimate of drug-likeness (QED) is 0.903. The summed E-state index contributed by atoms with van der Waals surface area (Å²) in [6.07, 6.45) is 6.65. The average Bonchev–Trinajstić information content (AvgIpc) is 2.69. The number of phenols is 1. The molecule has 0 bridgehead atoms. The predicted octanol–water partition coefficient (Wildman–Crippen LogP) is 2.55. The molecule has 1 N–H and O–H groups in total. The van der Waals surface area contributed by atoms with Gasteiger partial charge in [0.1, 0.15) is 5.75 Å². The first kappa shape index (κ1) is 17.7. The fraction of sp³-hybridized carbons (Fsp3) is 0.667. The molecule has 26 heavy (non-hydrogen) atoms. The molecule has 142 valence electrons. The molecule has 1 aliphatic carbocycles. The molecular weight excluding hydrogens is 326 g/mol. The van der Waals surface area contributed by atoms with E-state index < -0.39 is 0 Å². The highest BCUT2D eigenvalue weighted by Gasteiger charge is 2.33. The van der Waals surface area contributed by atoms with E-state index in [4.69, 9.17) is 0 Å². The Morgan fingerprint density at radius 2 is 1.62 bits per heavy atom. The van der Waals surface area contributed by atoms with Gasteiger partial charge in [0, 0.05) is 45.0 Å². The number of carbonyl (C=O) groups excluding carboxylic acids is 1. The number of anilines is 1. The van der Waals surface area contributed by atoms with E-state index in [1.54, 1.807) is 12.1 Å². The third-order valence-corrected chi connectivity index (χ3v) is 6.59. The van der Waals surface area contributed by atoms with Crippen molar-refractivity contribution in [2.24, 2.45) is 11.8 Å². The van der Waals surface area contributed by atoms with Gasteiger partial charge in [-0.3, -0.25) is 9.69 Å². The van der Waals surface area contributed by atoms with E-state index in [-0.39, 0.29) is 0 Å². The van der Waals surface area contributed by atoms with E-state index in [0.29, 0.717) is 18.2 Å². The number of rotatable bonds is 3. The Kier molecular flexibility index (Phi) is 5.34. The van der Waals surface area contributed by atoms with Gasteiger partial charge in [0.15, 0.2) is 0 Å². The van der Waals surface area contributed by atoms with Crippen LogP contribution in [0, 0.1) is 11.8 Å². The number of carbonyl (C=O) groups is 1. The first-order chi connectivity index (χ1) is 12.7. The van der Waals surface area contributed by atoms with Crippen molar-refractivity contribution in [1.29, 1.82) is 0 Å². The third-order valence-electron chi connectivity index (χ3n) is 6.59. The second-order valence-electron chi connectivity index (χ2n) is 8.21. The first-order valence-electron chi connectivity index (χ1n) is 10.2. The smallest absolute Gasteiger partial charge is 0.236 e. The summed E-state index contributed by atoms with van der Waals surface area (Å²) in [6, 6.07) is 7.40. The average molecular weight is 357 g/mol. The molecule has 1 saturated carbocycles. The van der Waals surface area contributed by atoms with Gasteiger partial charge in [0.2, 0.25) is 5.91 Å². The second-order valence-corrected chi connectivity index (χ2v) is 8.21. The highest BCUT2D eigenvalue weighted by Crippen LogP contribution is 2.36. The van der Waals surface area contributed by atoms with Gasteiger partial charge >= 0.3 is 0 Å². The Labute approximate surface area is 156 Å². The number of benzene rings is 1. The predicted molar refractivity (Wildman–Crippen MR) is 103 cm³/mol. The molecule has 1 aromatic carbocycles. The molecule has 3 fully saturated rings. The van der Waals surface area contributed by atoms with Crippen LogP contribution < -0.4 is 4.90 Å². The van der Waals surface area contributed by atoms with Gasteiger partial charge in [-0.2, -0.15) is 0 Å². The molecule has 2 atom stereocenters. The van der Waals surface area contributed by atoms with Crippen molar-refractivity contribution in [3.05, 3.63) is 24.3 Å². The van der Waals surface area contributed by atoms with Crippen molar-refractivity contribution < 1.29 is 9.90 Å². The maximum atomic E-state index is 12.8. The summed E-state index contributed by atoms with van der Waals surface area (Å²) in [5.74, 6) is 2.27. The molecule has 1 aromatic rings. The minimum Gasteiger partial charge on any atom is -0.508 e. The number of piperidine rings is 1. The molecule has 5 nitrogen and oxygen atoms in total. The van der Waals surface area contributed by atoms with Crippen LogP contribution in [0.4, 0.5) is 5.69 Å². The summed E-state index contributed by atoms with van der Waals surface area (Å²) in [5.41, 5.74) is 1.15. The van der Waals surface area contributed by atoms with Crippen molar-refractivity contribution >= 4 is 11.6 Å². The Bertz CT molecular complexity index is 610. The van der Waals surface area contributed by atoms with E-state index in [1.807, 2.05) is 12.1 Å². The normalized spacial score (nSPS) is 27.2. The zero-order valence-corrected chi connectivity index (χ0v) is 15.6. The lowest BCUT2D eigenvalue weighted by Crippen LogP contribution is -2.52. The number of likely N-dealkylation sites (tertiary alicyclic amines) is 1. The topological polar surface area (TPSA) is 47.0 Å². The van der Waals surface area contributed by atoms with Gasteiger partial charge in [0.25, 0.3) is 0 Å². The molecule has 2 heterocycles. The van der Waals surface area contributed by atoms with Crippen LogP contribution in [0.3, 0.4) is 0 Å². The minimum absolute atomic E-state index is 0.305. The summed E-state index contributed by atoms with van der Waals surface area (Å²) < 4.78 is 0. The van der Waals surface area contributed by atoms with Gasteiger partial charge in [-0.1, -0.05) is 19.3 Å². The van der Waals surface area contributed by atoms with E-state index in [2.05, 4.69) is 14.7 Å². The lowest BCUT2D eigenvalue weighted by molar-refractivity contribution is -0.135. The number of hydrogen-bond acceptors (Lipinski definition) is 4. The number of phenolic OH excluding ortho intramolecular Hbond substituents is 1. The molecule has 4 rings (SSSR count). The molecule has 5 heteroatoms. The fourth-order valence-corrected chi connectivity index (χ4v) is 4.95. The second kappa shape index (κ2) is 7.87. The maximum absolute atomic E-state index is 12.8. The molecule has 0 unspecified atom stereocenters. The Hall–Kier alpha value is -1.75. The SMILES string of the molecule is O=C(CN1CCN(c2ccc(O)cc2)CC1)N1CC[C@@H]2CCCC[C@@H]2C1. The van der Waals surface area contributed by atoms with Gasteiger partial charge in [-0.15, -0.1) is 0 Å². The van der Waals surface area contributed by atoms with Crippen LogP contribution in [0.2, 0.25) is 0 Å². The number of piperazine rings is 1. The fourth-order valence-electron chi connectivity index (χ4n) is 4.95. The molecule has 2 aliphatic heterocycles. The van der Waals surface area contributed by atoms with E-state index in [1.165, 1.54) is 32.1 Å².